The zero-order chi connectivity index (χ0) is 20.8. The van der Waals surface area contributed by atoms with E-state index in [9.17, 15) is 0 Å². The number of H-pyrrole nitrogens is 1. The fourth-order valence-corrected chi connectivity index (χ4v) is 5.29. The number of aromatic amines is 1. The van der Waals surface area contributed by atoms with Crippen molar-refractivity contribution >= 4 is 28.1 Å². The molecule has 0 amide bonds. The van der Waals surface area contributed by atoms with Crippen LogP contribution >= 0.6 is 11.3 Å². The molecule has 0 saturated carbocycles. The van der Waals surface area contributed by atoms with Crippen LogP contribution in [0.5, 0.6) is 0 Å². The predicted octanol–water partition coefficient (Wildman–Crippen LogP) is 4.55. The average molecular weight is 419 g/mol. The van der Waals surface area contributed by atoms with E-state index in [2.05, 4.69) is 78.4 Å². The van der Waals surface area contributed by atoms with Gasteiger partial charge in [-0.3, -0.25) is 5.10 Å². The maximum Gasteiger partial charge on any atom is 0.142 e. The topological polar surface area (TPSA) is 69.7 Å². The maximum atomic E-state index is 4.95. The smallest absolute Gasteiger partial charge is 0.142 e. The van der Waals surface area contributed by atoms with Gasteiger partial charge in [-0.05, 0) is 45.4 Å². The lowest BCUT2D eigenvalue weighted by molar-refractivity contribution is 0.405. The van der Waals surface area contributed by atoms with E-state index in [-0.39, 0.29) is 0 Å². The number of rotatable bonds is 3. The largest absolute Gasteiger partial charge is 0.354 e. The van der Waals surface area contributed by atoms with Gasteiger partial charge in [-0.1, -0.05) is 18.2 Å². The number of aromatic nitrogens is 4. The third-order valence-corrected chi connectivity index (χ3v) is 6.69. The average Bonchev–Trinajstić information content (AvgIpc) is 3.32. The van der Waals surface area contributed by atoms with Gasteiger partial charge in [-0.15, -0.1) is 11.3 Å². The van der Waals surface area contributed by atoms with Crippen molar-refractivity contribution in [3.8, 4) is 22.0 Å². The Hall–Kier alpha value is -2.77. The molecule has 1 aliphatic heterocycles. The van der Waals surface area contributed by atoms with Crippen LogP contribution in [-0.2, 0) is 0 Å². The van der Waals surface area contributed by atoms with Gasteiger partial charge in [0.15, 0.2) is 0 Å². The van der Waals surface area contributed by atoms with Crippen LogP contribution in [-0.4, -0.2) is 45.3 Å². The van der Waals surface area contributed by atoms with Crippen LogP contribution in [0, 0.1) is 13.8 Å². The number of thiazole rings is 1. The second kappa shape index (κ2) is 7.49. The molecule has 0 aliphatic carbocycles. The van der Waals surface area contributed by atoms with Gasteiger partial charge in [0.2, 0.25) is 0 Å². The molecule has 1 aromatic carbocycles. The number of aryl methyl sites for hydroxylation is 2. The summed E-state index contributed by atoms with van der Waals surface area (Å²) in [5, 5.41) is 13.3. The molecule has 2 N–H and O–H groups in total. The summed E-state index contributed by atoms with van der Waals surface area (Å²) in [5.74, 6) is 1.03. The Kier molecular flexibility index (Phi) is 4.79. The molecule has 154 valence electrons. The Morgan fingerprint density at radius 2 is 1.87 bits per heavy atom. The summed E-state index contributed by atoms with van der Waals surface area (Å²) in [6.07, 6.45) is 1.95. The maximum absolute atomic E-state index is 4.95. The summed E-state index contributed by atoms with van der Waals surface area (Å²) < 4.78 is 0. The van der Waals surface area contributed by atoms with Gasteiger partial charge in [-0.25, -0.2) is 9.97 Å². The molecule has 1 saturated heterocycles. The highest BCUT2D eigenvalue weighted by molar-refractivity contribution is 7.15. The molecule has 30 heavy (non-hydrogen) atoms. The number of para-hydroxylation sites is 1. The van der Waals surface area contributed by atoms with Gasteiger partial charge < -0.3 is 10.2 Å². The molecule has 4 aromatic rings. The molecule has 5 rings (SSSR count). The molecule has 1 aliphatic rings. The van der Waals surface area contributed by atoms with E-state index in [1.807, 2.05) is 6.20 Å². The van der Waals surface area contributed by atoms with Crippen LogP contribution in [0.25, 0.3) is 32.9 Å². The first-order valence-electron chi connectivity index (χ1n) is 10.4. The Morgan fingerprint density at radius 3 is 2.60 bits per heavy atom. The Bertz CT molecular complexity index is 1180. The lowest BCUT2D eigenvalue weighted by Gasteiger charge is -2.36. The van der Waals surface area contributed by atoms with E-state index in [0.29, 0.717) is 12.1 Å². The number of benzene rings is 1. The van der Waals surface area contributed by atoms with Crippen molar-refractivity contribution in [2.45, 2.75) is 39.8 Å². The molecular formula is C23H26N6S. The molecule has 7 heteroatoms. The van der Waals surface area contributed by atoms with Crippen LogP contribution in [0.4, 0.5) is 5.82 Å². The SMILES string of the molecule is Cc1sc(-c2[nH]nc3c(C)cccc23)nc1-c1ccc(N2CC(C)NC(C)C2)nc1. The number of piperazine rings is 1. The molecule has 6 nitrogen and oxygen atoms in total. The first-order valence-corrected chi connectivity index (χ1v) is 11.2. The highest BCUT2D eigenvalue weighted by Crippen LogP contribution is 2.36. The minimum absolute atomic E-state index is 0.464. The number of nitrogens with zero attached hydrogens (tertiary/aromatic N) is 4. The van der Waals surface area contributed by atoms with Crippen LogP contribution < -0.4 is 10.2 Å². The highest BCUT2D eigenvalue weighted by Gasteiger charge is 2.22. The van der Waals surface area contributed by atoms with Crippen LogP contribution in [0.1, 0.15) is 24.3 Å². The lowest BCUT2D eigenvalue weighted by atomic mass is 10.1. The Balaban J connectivity index is 1.45. The first kappa shape index (κ1) is 19.2. The van der Waals surface area contributed by atoms with Crippen molar-refractivity contribution in [2.24, 2.45) is 0 Å². The van der Waals surface area contributed by atoms with Crippen LogP contribution in [0.15, 0.2) is 36.5 Å². The number of hydrogen-bond acceptors (Lipinski definition) is 6. The zero-order valence-corrected chi connectivity index (χ0v) is 18.5. The lowest BCUT2D eigenvalue weighted by Crippen LogP contribution is -2.54. The van der Waals surface area contributed by atoms with Crippen molar-refractivity contribution < 1.29 is 0 Å². The van der Waals surface area contributed by atoms with E-state index in [1.54, 1.807) is 11.3 Å². The van der Waals surface area contributed by atoms with Gasteiger partial charge in [0.1, 0.15) is 16.5 Å². The zero-order valence-electron chi connectivity index (χ0n) is 17.7. The number of fused-ring (bicyclic) bond motifs is 1. The van der Waals surface area contributed by atoms with Crippen molar-refractivity contribution in [3.63, 3.8) is 0 Å². The molecule has 3 aromatic heterocycles. The standard InChI is InChI=1S/C23H26N6S/c1-13-6-5-7-18-20(13)27-28-22(18)23-26-21(16(4)30-23)17-8-9-19(24-10-17)29-11-14(2)25-15(3)12-29/h5-10,14-15,25H,11-12H2,1-4H3,(H,27,28). The van der Waals surface area contributed by atoms with Gasteiger partial charge >= 0.3 is 0 Å². The third kappa shape index (κ3) is 3.38. The predicted molar refractivity (Wildman–Crippen MR) is 124 cm³/mol. The van der Waals surface area contributed by atoms with Gasteiger partial charge in [0.05, 0.1) is 11.2 Å². The Morgan fingerprint density at radius 1 is 1.07 bits per heavy atom. The van der Waals surface area contributed by atoms with Crippen LogP contribution in [0.3, 0.4) is 0 Å². The first-order chi connectivity index (χ1) is 14.5. The monoisotopic (exact) mass is 418 g/mol. The van der Waals surface area contributed by atoms with E-state index in [4.69, 9.17) is 9.97 Å². The van der Waals surface area contributed by atoms with Gasteiger partial charge in [0.25, 0.3) is 0 Å². The summed E-state index contributed by atoms with van der Waals surface area (Å²) in [5.41, 5.74) is 5.20. The summed E-state index contributed by atoms with van der Waals surface area (Å²) in [6, 6.07) is 11.4. The summed E-state index contributed by atoms with van der Waals surface area (Å²) in [7, 11) is 0. The van der Waals surface area contributed by atoms with E-state index in [0.717, 1.165) is 51.8 Å². The summed E-state index contributed by atoms with van der Waals surface area (Å²) in [6.45, 7) is 10.6. The molecule has 2 atom stereocenters. The third-order valence-electron chi connectivity index (χ3n) is 5.70. The fraction of sp³-hybridized carbons (Fsp3) is 0.348. The van der Waals surface area contributed by atoms with E-state index >= 15 is 0 Å². The van der Waals surface area contributed by atoms with Crippen molar-refractivity contribution in [2.75, 3.05) is 18.0 Å². The number of anilines is 1. The molecule has 0 spiro atoms. The molecule has 2 unspecified atom stereocenters. The summed E-state index contributed by atoms with van der Waals surface area (Å²) in [4.78, 5) is 13.3. The second-order valence-corrected chi connectivity index (χ2v) is 9.48. The van der Waals surface area contributed by atoms with Crippen molar-refractivity contribution in [1.82, 2.24) is 25.5 Å². The van der Waals surface area contributed by atoms with E-state index < -0.39 is 0 Å². The van der Waals surface area contributed by atoms with Gasteiger partial charge in [-0.2, -0.15) is 5.10 Å². The normalized spacial score (nSPS) is 19.5. The van der Waals surface area contributed by atoms with Crippen molar-refractivity contribution in [1.29, 1.82) is 0 Å². The number of pyridine rings is 1. The fourth-order valence-electron chi connectivity index (χ4n) is 4.34. The molecule has 0 bridgehead atoms. The quantitative estimate of drug-likeness (QED) is 0.511. The number of hydrogen-bond donors (Lipinski definition) is 2. The molecular weight excluding hydrogens is 392 g/mol. The minimum Gasteiger partial charge on any atom is -0.354 e. The minimum atomic E-state index is 0.464. The van der Waals surface area contributed by atoms with Crippen molar-refractivity contribution in [3.05, 3.63) is 47.0 Å². The van der Waals surface area contributed by atoms with E-state index in [1.165, 1.54) is 10.4 Å². The van der Waals surface area contributed by atoms with Crippen LogP contribution in [0.2, 0.25) is 0 Å². The summed E-state index contributed by atoms with van der Waals surface area (Å²) >= 11 is 1.69. The van der Waals surface area contributed by atoms with Gasteiger partial charge in [0, 0.05) is 47.2 Å². The highest BCUT2D eigenvalue weighted by atomic mass is 32.1. The second-order valence-electron chi connectivity index (χ2n) is 8.27. The molecule has 4 heterocycles. The number of nitrogens with one attached hydrogen (secondary N) is 2. The molecule has 1 fully saturated rings. The molecule has 0 radical (unpaired) electrons. The Labute approximate surface area is 180 Å².